The van der Waals surface area contributed by atoms with E-state index in [1.54, 1.807) is 36.4 Å². The highest BCUT2D eigenvalue weighted by atomic mass is 35.5. The first kappa shape index (κ1) is 21.6. The monoisotopic (exact) mass is 440 g/mol. The number of piperidine rings is 1. The fraction of sp³-hybridized carbons (Fsp3) is 0.429. The topological polar surface area (TPSA) is 40.6 Å². The van der Waals surface area contributed by atoms with Crippen LogP contribution in [0.2, 0.25) is 10.0 Å². The van der Waals surface area contributed by atoms with Gasteiger partial charge in [-0.2, -0.15) is 4.31 Å². The maximum Gasteiger partial charge on any atom is 0.244 e. The van der Waals surface area contributed by atoms with Gasteiger partial charge in [0.15, 0.2) is 0 Å². The van der Waals surface area contributed by atoms with Gasteiger partial charge in [0.2, 0.25) is 10.0 Å². The van der Waals surface area contributed by atoms with Crippen LogP contribution in [0.25, 0.3) is 0 Å². The summed E-state index contributed by atoms with van der Waals surface area (Å²) in [5.41, 5.74) is 0.896. The van der Waals surface area contributed by atoms with Crippen LogP contribution in [0.1, 0.15) is 25.3 Å². The van der Waals surface area contributed by atoms with Crippen LogP contribution in [0, 0.1) is 5.92 Å². The lowest BCUT2D eigenvalue weighted by Gasteiger charge is -2.32. The summed E-state index contributed by atoms with van der Waals surface area (Å²) in [6, 6.07) is 13.9. The first-order valence-electron chi connectivity index (χ1n) is 9.58. The van der Waals surface area contributed by atoms with Gasteiger partial charge in [0.25, 0.3) is 0 Å². The molecule has 0 N–H and O–H groups in total. The Labute approximate surface area is 178 Å². The van der Waals surface area contributed by atoms with Crippen LogP contribution in [0.5, 0.6) is 0 Å². The number of likely N-dealkylation sites (tertiary alicyclic amines) is 1. The molecular formula is C21H26Cl2N2O2S. The lowest BCUT2D eigenvalue weighted by atomic mass is 9.99. The maximum atomic E-state index is 13.3. The lowest BCUT2D eigenvalue weighted by Crippen LogP contribution is -2.41. The van der Waals surface area contributed by atoms with E-state index in [0.29, 0.717) is 18.1 Å². The molecule has 2 aromatic carbocycles. The van der Waals surface area contributed by atoms with Crippen LogP contribution in [0.15, 0.2) is 53.4 Å². The van der Waals surface area contributed by atoms with Crippen molar-refractivity contribution >= 4 is 33.2 Å². The van der Waals surface area contributed by atoms with E-state index in [0.717, 1.165) is 37.4 Å². The number of rotatable bonds is 7. The standard InChI is InChI=1S/C21H26Cl2N2O2S/c1-17-10-12-24(13-11-17)14-15-25(16-18-6-8-19(22)9-7-18)28(26,27)21-5-3-2-4-20(21)23/h2-9,17H,10-16H2,1H3. The minimum Gasteiger partial charge on any atom is -0.302 e. The summed E-state index contributed by atoms with van der Waals surface area (Å²) in [6.07, 6.45) is 2.32. The van der Waals surface area contributed by atoms with Crippen LogP contribution in [0.3, 0.4) is 0 Å². The molecule has 0 aromatic heterocycles. The number of nitrogens with zero attached hydrogens (tertiary/aromatic N) is 2. The van der Waals surface area contributed by atoms with E-state index in [-0.39, 0.29) is 16.5 Å². The van der Waals surface area contributed by atoms with Gasteiger partial charge in [-0.25, -0.2) is 8.42 Å². The van der Waals surface area contributed by atoms with E-state index in [1.807, 2.05) is 12.1 Å². The van der Waals surface area contributed by atoms with Crippen LogP contribution < -0.4 is 0 Å². The lowest BCUT2D eigenvalue weighted by molar-refractivity contribution is 0.181. The highest BCUT2D eigenvalue weighted by molar-refractivity contribution is 7.89. The Bertz CT molecular complexity index is 880. The van der Waals surface area contributed by atoms with E-state index in [4.69, 9.17) is 23.2 Å². The predicted molar refractivity (Wildman–Crippen MR) is 115 cm³/mol. The minimum absolute atomic E-state index is 0.151. The van der Waals surface area contributed by atoms with Gasteiger partial charge in [-0.15, -0.1) is 0 Å². The maximum absolute atomic E-state index is 13.3. The Morgan fingerprint density at radius 1 is 1.04 bits per heavy atom. The third-order valence-corrected chi connectivity index (χ3v) is 7.87. The molecule has 28 heavy (non-hydrogen) atoms. The van der Waals surface area contributed by atoms with Crippen molar-refractivity contribution in [1.29, 1.82) is 0 Å². The molecule has 1 aliphatic heterocycles. The third kappa shape index (κ3) is 5.49. The highest BCUT2D eigenvalue weighted by Crippen LogP contribution is 2.26. The Morgan fingerprint density at radius 3 is 2.32 bits per heavy atom. The van der Waals surface area contributed by atoms with E-state index in [1.165, 1.54) is 4.31 Å². The zero-order valence-electron chi connectivity index (χ0n) is 16.0. The fourth-order valence-corrected chi connectivity index (χ4v) is 5.45. The summed E-state index contributed by atoms with van der Waals surface area (Å²) in [6.45, 7) is 5.72. The molecular weight excluding hydrogens is 415 g/mol. The van der Waals surface area contributed by atoms with Gasteiger partial charge in [-0.05, 0) is 61.7 Å². The first-order valence-corrected chi connectivity index (χ1v) is 11.8. The highest BCUT2D eigenvalue weighted by Gasteiger charge is 2.27. The molecule has 1 saturated heterocycles. The molecule has 0 aliphatic carbocycles. The SMILES string of the molecule is CC1CCN(CCN(Cc2ccc(Cl)cc2)S(=O)(=O)c2ccccc2Cl)CC1. The smallest absolute Gasteiger partial charge is 0.244 e. The Hall–Kier alpha value is -1.11. The quantitative estimate of drug-likeness (QED) is 0.613. The van der Waals surface area contributed by atoms with Crippen molar-refractivity contribution in [2.45, 2.75) is 31.2 Å². The molecule has 1 fully saturated rings. The van der Waals surface area contributed by atoms with Crippen molar-refractivity contribution in [2.24, 2.45) is 5.92 Å². The summed E-state index contributed by atoms with van der Waals surface area (Å²) in [5.74, 6) is 0.744. The summed E-state index contributed by atoms with van der Waals surface area (Å²) < 4.78 is 28.2. The van der Waals surface area contributed by atoms with E-state index < -0.39 is 10.0 Å². The van der Waals surface area contributed by atoms with Crippen LogP contribution in [0.4, 0.5) is 0 Å². The van der Waals surface area contributed by atoms with Crippen LogP contribution >= 0.6 is 23.2 Å². The van der Waals surface area contributed by atoms with Gasteiger partial charge < -0.3 is 4.90 Å². The summed E-state index contributed by atoms with van der Waals surface area (Å²) in [4.78, 5) is 2.50. The van der Waals surface area contributed by atoms with E-state index >= 15 is 0 Å². The normalized spacial score (nSPS) is 16.6. The fourth-order valence-electron chi connectivity index (χ4n) is 3.41. The summed E-state index contributed by atoms with van der Waals surface area (Å²) in [5, 5.41) is 0.877. The molecule has 0 saturated carbocycles. The molecule has 0 atom stereocenters. The molecule has 7 heteroatoms. The zero-order chi connectivity index (χ0) is 20.1. The Balaban J connectivity index is 1.81. The Morgan fingerprint density at radius 2 is 1.68 bits per heavy atom. The van der Waals surface area contributed by atoms with Crippen LogP contribution in [-0.4, -0.2) is 43.8 Å². The number of hydrogen-bond acceptors (Lipinski definition) is 3. The molecule has 0 radical (unpaired) electrons. The van der Waals surface area contributed by atoms with Gasteiger partial charge in [0.05, 0.1) is 5.02 Å². The van der Waals surface area contributed by atoms with Crippen molar-refractivity contribution < 1.29 is 8.42 Å². The van der Waals surface area contributed by atoms with Crippen molar-refractivity contribution in [2.75, 3.05) is 26.2 Å². The van der Waals surface area contributed by atoms with Crippen molar-refractivity contribution in [1.82, 2.24) is 9.21 Å². The summed E-state index contributed by atoms with van der Waals surface area (Å²) >= 11 is 12.2. The molecule has 0 amide bonds. The first-order chi connectivity index (χ1) is 13.4. The van der Waals surface area contributed by atoms with Crippen molar-refractivity contribution in [3.63, 3.8) is 0 Å². The number of benzene rings is 2. The van der Waals surface area contributed by atoms with Gasteiger partial charge in [0.1, 0.15) is 4.90 Å². The van der Waals surface area contributed by atoms with Crippen molar-refractivity contribution in [3.8, 4) is 0 Å². The molecule has 2 aromatic rings. The largest absolute Gasteiger partial charge is 0.302 e. The van der Waals surface area contributed by atoms with Gasteiger partial charge >= 0.3 is 0 Å². The molecule has 4 nitrogen and oxygen atoms in total. The molecule has 1 heterocycles. The molecule has 0 unspecified atom stereocenters. The van der Waals surface area contributed by atoms with Crippen LogP contribution in [-0.2, 0) is 16.6 Å². The average molecular weight is 441 g/mol. The minimum atomic E-state index is -3.71. The second-order valence-electron chi connectivity index (χ2n) is 7.42. The third-order valence-electron chi connectivity index (χ3n) is 5.27. The molecule has 1 aliphatic rings. The molecule has 3 rings (SSSR count). The molecule has 0 spiro atoms. The number of hydrogen-bond donors (Lipinski definition) is 0. The van der Waals surface area contributed by atoms with E-state index in [2.05, 4.69) is 11.8 Å². The number of halogens is 2. The molecule has 0 bridgehead atoms. The Kier molecular flexibility index (Phi) is 7.40. The second kappa shape index (κ2) is 9.59. The summed E-state index contributed by atoms with van der Waals surface area (Å²) in [7, 11) is -3.71. The predicted octanol–water partition coefficient (Wildman–Crippen LogP) is 4.92. The second-order valence-corrected chi connectivity index (χ2v) is 10.2. The van der Waals surface area contributed by atoms with Gasteiger partial charge in [0, 0.05) is 24.7 Å². The van der Waals surface area contributed by atoms with Gasteiger partial charge in [-0.3, -0.25) is 0 Å². The van der Waals surface area contributed by atoms with E-state index in [9.17, 15) is 8.42 Å². The molecule has 152 valence electrons. The zero-order valence-corrected chi connectivity index (χ0v) is 18.3. The van der Waals surface area contributed by atoms with Crippen molar-refractivity contribution in [3.05, 3.63) is 64.1 Å². The number of sulfonamides is 1. The average Bonchev–Trinajstić information content (AvgIpc) is 2.68. The van der Waals surface area contributed by atoms with Gasteiger partial charge in [-0.1, -0.05) is 54.4 Å².